The maximum atomic E-state index is 12.9. The summed E-state index contributed by atoms with van der Waals surface area (Å²) in [6.45, 7) is 4.29. The molecule has 1 heterocycles. The molecule has 0 radical (unpaired) electrons. The summed E-state index contributed by atoms with van der Waals surface area (Å²) in [5, 5.41) is 3.29. The van der Waals surface area contributed by atoms with Crippen molar-refractivity contribution in [2.24, 2.45) is 0 Å². The Morgan fingerprint density at radius 3 is 2.71 bits per heavy atom. The van der Waals surface area contributed by atoms with Gasteiger partial charge >= 0.3 is 5.97 Å². The third kappa shape index (κ3) is 3.69. The van der Waals surface area contributed by atoms with Crippen molar-refractivity contribution in [1.29, 1.82) is 0 Å². The first-order valence-electron chi connectivity index (χ1n) is 9.58. The summed E-state index contributed by atoms with van der Waals surface area (Å²) in [6.07, 6.45) is 2.11. The standard InChI is InChI=1S/C22H27NO5/c1-5-28-22(25)19-13(2)23-16-7-6-8-17(24)21(16)20(19)14-9-10-18(27-4)15(11-14)12-26-3/h9-11,20,23H,5-8,12H2,1-4H3. The fraction of sp³-hybridized carbons (Fsp3) is 0.455. The van der Waals surface area contributed by atoms with Crippen LogP contribution in [0.2, 0.25) is 0 Å². The monoisotopic (exact) mass is 385 g/mol. The minimum absolute atomic E-state index is 0.0807. The van der Waals surface area contributed by atoms with Crippen molar-refractivity contribution in [1.82, 2.24) is 5.32 Å². The average molecular weight is 385 g/mol. The Morgan fingerprint density at radius 2 is 2.04 bits per heavy atom. The number of carbonyl (C=O) groups is 2. The van der Waals surface area contributed by atoms with Gasteiger partial charge in [0.05, 0.1) is 25.9 Å². The molecular weight excluding hydrogens is 358 g/mol. The van der Waals surface area contributed by atoms with E-state index in [-0.39, 0.29) is 12.4 Å². The highest BCUT2D eigenvalue weighted by molar-refractivity contribution is 6.03. The maximum Gasteiger partial charge on any atom is 0.336 e. The smallest absolute Gasteiger partial charge is 0.336 e. The Kier molecular flexibility index (Phi) is 6.19. The van der Waals surface area contributed by atoms with Crippen molar-refractivity contribution < 1.29 is 23.8 Å². The van der Waals surface area contributed by atoms with E-state index in [0.717, 1.165) is 35.4 Å². The number of dihydropyridines is 1. The number of benzene rings is 1. The molecule has 0 aromatic heterocycles. The van der Waals surface area contributed by atoms with E-state index in [1.165, 1.54) is 0 Å². The molecule has 28 heavy (non-hydrogen) atoms. The zero-order valence-corrected chi connectivity index (χ0v) is 16.9. The van der Waals surface area contributed by atoms with Gasteiger partial charge in [0.2, 0.25) is 0 Å². The third-order valence-corrected chi connectivity index (χ3v) is 5.21. The second-order valence-electron chi connectivity index (χ2n) is 6.99. The summed E-state index contributed by atoms with van der Waals surface area (Å²) in [5.41, 5.74) is 4.54. The number of allylic oxidation sites excluding steroid dienone is 3. The Bertz CT molecular complexity index is 852. The van der Waals surface area contributed by atoms with Crippen LogP contribution < -0.4 is 10.1 Å². The first-order valence-corrected chi connectivity index (χ1v) is 9.58. The van der Waals surface area contributed by atoms with E-state index in [1.807, 2.05) is 25.1 Å². The molecule has 0 saturated heterocycles. The van der Waals surface area contributed by atoms with Crippen LogP contribution in [0.25, 0.3) is 0 Å². The second-order valence-corrected chi connectivity index (χ2v) is 6.99. The predicted molar refractivity (Wildman–Crippen MR) is 105 cm³/mol. The fourth-order valence-corrected chi connectivity index (χ4v) is 4.04. The van der Waals surface area contributed by atoms with Gasteiger partial charge in [0.15, 0.2) is 5.78 Å². The van der Waals surface area contributed by atoms with E-state index in [0.29, 0.717) is 29.9 Å². The van der Waals surface area contributed by atoms with E-state index in [1.54, 1.807) is 21.1 Å². The first-order chi connectivity index (χ1) is 13.5. The Morgan fingerprint density at radius 1 is 1.25 bits per heavy atom. The van der Waals surface area contributed by atoms with Gasteiger partial charge in [0.1, 0.15) is 5.75 Å². The van der Waals surface area contributed by atoms with Crippen molar-refractivity contribution in [3.05, 3.63) is 51.9 Å². The normalized spacial score (nSPS) is 19.3. The highest BCUT2D eigenvalue weighted by atomic mass is 16.5. The topological polar surface area (TPSA) is 73.9 Å². The summed E-state index contributed by atoms with van der Waals surface area (Å²) < 4.78 is 16.0. The van der Waals surface area contributed by atoms with Gasteiger partial charge in [-0.15, -0.1) is 0 Å². The minimum atomic E-state index is -0.454. The molecule has 1 atom stereocenters. The molecular formula is C22H27NO5. The number of hydrogen-bond donors (Lipinski definition) is 1. The lowest BCUT2D eigenvalue weighted by Gasteiger charge is -2.34. The van der Waals surface area contributed by atoms with Crippen molar-refractivity contribution in [2.45, 2.75) is 45.6 Å². The molecule has 1 aliphatic carbocycles. The summed E-state index contributed by atoms with van der Waals surface area (Å²) >= 11 is 0. The summed E-state index contributed by atoms with van der Waals surface area (Å²) in [7, 11) is 3.23. The van der Waals surface area contributed by atoms with Crippen LogP contribution in [0.1, 0.15) is 50.2 Å². The number of rotatable bonds is 6. The first kappa shape index (κ1) is 20.1. The van der Waals surface area contributed by atoms with Gasteiger partial charge in [-0.25, -0.2) is 4.79 Å². The second kappa shape index (κ2) is 8.61. The Balaban J connectivity index is 2.17. The van der Waals surface area contributed by atoms with Crippen LogP contribution in [-0.2, 0) is 25.7 Å². The van der Waals surface area contributed by atoms with Crippen LogP contribution >= 0.6 is 0 Å². The van der Waals surface area contributed by atoms with Gasteiger partial charge in [-0.3, -0.25) is 4.79 Å². The lowest BCUT2D eigenvalue weighted by atomic mass is 9.75. The quantitative estimate of drug-likeness (QED) is 0.757. The number of nitrogens with one attached hydrogen (secondary N) is 1. The van der Waals surface area contributed by atoms with Crippen LogP contribution in [0.5, 0.6) is 5.75 Å². The van der Waals surface area contributed by atoms with Gasteiger partial charge < -0.3 is 19.5 Å². The van der Waals surface area contributed by atoms with Gasteiger partial charge in [-0.2, -0.15) is 0 Å². The number of Topliss-reactive ketones (excluding diaryl/α,β-unsaturated/α-hetero) is 1. The molecule has 0 amide bonds. The molecule has 1 aromatic rings. The third-order valence-electron chi connectivity index (χ3n) is 5.21. The van der Waals surface area contributed by atoms with Crippen LogP contribution in [0.15, 0.2) is 40.7 Å². The molecule has 1 aromatic carbocycles. The zero-order valence-electron chi connectivity index (χ0n) is 16.9. The van der Waals surface area contributed by atoms with Crippen molar-refractivity contribution in [3.63, 3.8) is 0 Å². The van der Waals surface area contributed by atoms with Gasteiger partial charge in [0.25, 0.3) is 0 Å². The average Bonchev–Trinajstić information content (AvgIpc) is 2.67. The summed E-state index contributed by atoms with van der Waals surface area (Å²) in [5.74, 6) is -0.0598. The molecule has 1 N–H and O–H groups in total. The molecule has 0 saturated carbocycles. The van der Waals surface area contributed by atoms with E-state index < -0.39 is 11.9 Å². The van der Waals surface area contributed by atoms with E-state index in [2.05, 4.69) is 5.32 Å². The number of methoxy groups -OCH3 is 2. The van der Waals surface area contributed by atoms with E-state index in [4.69, 9.17) is 14.2 Å². The molecule has 6 heteroatoms. The van der Waals surface area contributed by atoms with Crippen molar-refractivity contribution in [3.8, 4) is 5.75 Å². The summed E-state index contributed by atoms with van der Waals surface area (Å²) in [4.78, 5) is 25.7. The summed E-state index contributed by atoms with van der Waals surface area (Å²) in [6, 6.07) is 5.72. The van der Waals surface area contributed by atoms with Crippen molar-refractivity contribution >= 4 is 11.8 Å². The molecule has 1 unspecified atom stereocenters. The predicted octanol–water partition coefficient (Wildman–Crippen LogP) is 3.37. The molecule has 6 nitrogen and oxygen atoms in total. The maximum absolute atomic E-state index is 12.9. The van der Waals surface area contributed by atoms with Gasteiger partial charge in [-0.05, 0) is 44.4 Å². The molecule has 0 spiro atoms. The zero-order chi connectivity index (χ0) is 20.3. The van der Waals surface area contributed by atoms with Crippen LogP contribution in [-0.4, -0.2) is 32.6 Å². The van der Waals surface area contributed by atoms with Crippen LogP contribution in [0.4, 0.5) is 0 Å². The number of ether oxygens (including phenoxy) is 3. The van der Waals surface area contributed by atoms with Crippen molar-refractivity contribution in [2.75, 3.05) is 20.8 Å². The highest BCUT2D eigenvalue weighted by Crippen LogP contribution is 2.43. The Hall–Kier alpha value is -2.60. The number of ketones is 1. The Labute approximate surface area is 165 Å². The van der Waals surface area contributed by atoms with Crippen LogP contribution in [0.3, 0.4) is 0 Å². The fourth-order valence-electron chi connectivity index (χ4n) is 4.04. The SMILES string of the molecule is CCOC(=O)C1=C(C)NC2=C(C(=O)CCC2)C1c1ccc(OC)c(COC)c1. The van der Waals surface area contributed by atoms with Crippen LogP contribution in [0, 0.1) is 0 Å². The molecule has 150 valence electrons. The molecule has 0 bridgehead atoms. The molecule has 2 aliphatic rings. The largest absolute Gasteiger partial charge is 0.496 e. The minimum Gasteiger partial charge on any atom is -0.496 e. The van der Waals surface area contributed by atoms with Gasteiger partial charge in [-0.1, -0.05) is 6.07 Å². The lowest BCUT2D eigenvalue weighted by Crippen LogP contribution is -2.34. The van der Waals surface area contributed by atoms with E-state index >= 15 is 0 Å². The number of carbonyl (C=O) groups excluding carboxylic acids is 2. The molecule has 3 rings (SSSR count). The number of esters is 1. The molecule has 1 aliphatic heterocycles. The number of hydrogen-bond acceptors (Lipinski definition) is 6. The van der Waals surface area contributed by atoms with E-state index in [9.17, 15) is 9.59 Å². The van der Waals surface area contributed by atoms with Gasteiger partial charge in [0, 0.05) is 42.0 Å². The highest BCUT2D eigenvalue weighted by Gasteiger charge is 2.39. The lowest BCUT2D eigenvalue weighted by molar-refractivity contribution is -0.138. The molecule has 0 fully saturated rings.